The first-order chi connectivity index (χ1) is 12.9. The Labute approximate surface area is 161 Å². The number of nitrogens with one attached hydrogen (secondary N) is 1. The van der Waals surface area contributed by atoms with Crippen LogP contribution in [0.1, 0.15) is 36.6 Å². The number of ether oxygens (including phenoxy) is 1. The molecule has 1 saturated heterocycles. The zero-order valence-corrected chi connectivity index (χ0v) is 16.6. The number of hydrogen-bond donors (Lipinski definition) is 1. The Hall–Kier alpha value is -2.63. The predicted octanol–water partition coefficient (Wildman–Crippen LogP) is 3.66. The van der Waals surface area contributed by atoms with Crippen molar-refractivity contribution in [3.8, 4) is 5.88 Å². The van der Waals surface area contributed by atoms with Crippen LogP contribution in [0.5, 0.6) is 5.88 Å². The molecule has 2 aromatic rings. The van der Waals surface area contributed by atoms with Crippen molar-refractivity contribution < 1.29 is 9.53 Å². The second-order valence-electron chi connectivity index (χ2n) is 7.43. The summed E-state index contributed by atoms with van der Waals surface area (Å²) in [6, 6.07) is 7.61. The average Bonchev–Trinajstić information content (AvgIpc) is 2.63. The number of anilines is 2. The van der Waals surface area contributed by atoms with Crippen LogP contribution in [0.25, 0.3) is 0 Å². The van der Waals surface area contributed by atoms with E-state index in [0.29, 0.717) is 17.7 Å². The molecular formula is C21H28N4O2. The Morgan fingerprint density at radius 1 is 1.30 bits per heavy atom. The summed E-state index contributed by atoms with van der Waals surface area (Å²) in [5.74, 6) is 1.56. The van der Waals surface area contributed by atoms with Crippen molar-refractivity contribution >= 4 is 17.5 Å². The number of aromatic nitrogens is 2. The molecule has 0 bridgehead atoms. The number of hydrogen-bond acceptors (Lipinski definition) is 5. The largest absolute Gasteiger partial charge is 0.467 e. The summed E-state index contributed by atoms with van der Waals surface area (Å²) in [6.45, 7) is 10.0. The first-order valence-electron chi connectivity index (χ1n) is 9.52. The van der Waals surface area contributed by atoms with Gasteiger partial charge in [-0.1, -0.05) is 19.1 Å². The van der Waals surface area contributed by atoms with Gasteiger partial charge in [-0.2, -0.15) is 4.98 Å². The van der Waals surface area contributed by atoms with E-state index in [4.69, 9.17) is 4.74 Å². The molecule has 6 heteroatoms. The summed E-state index contributed by atoms with van der Waals surface area (Å²) in [5, 5.41) is 2.90. The summed E-state index contributed by atoms with van der Waals surface area (Å²) in [4.78, 5) is 23.5. The molecule has 1 atom stereocenters. The lowest BCUT2D eigenvalue weighted by atomic mass is 10.0. The van der Waals surface area contributed by atoms with E-state index in [1.807, 2.05) is 39.0 Å². The van der Waals surface area contributed by atoms with E-state index in [0.717, 1.165) is 42.0 Å². The van der Waals surface area contributed by atoms with Gasteiger partial charge in [-0.3, -0.25) is 4.79 Å². The Balaban J connectivity index is 1.63. The fourth-order valence-electron chi connectivity index (χ4n) is 3.32. The molecule has 1 fully saturated rings. The number of amides is 1. The summed E-state index contributed by atoms with van der Waals surface area (Å²) >= 11 is 0. The van der Waals surface area contributed by atoms with E-state index in [1.54, 1.807) is 6.07 Å². The van der Waals surface area contributed by atoms with Gasteiger partial charge in [0, 0.05) is 30.5 Å². The summed E-state index contributed by atoms with van der Waals surface area (Å²) in [5.41, 5.74) is 3.85. The quantitative estimate of drug-likeness (QED) is 0.872. The fourth-order valence-corrected chi connectivity index (χ4v) is 3.32. The van der Waals surface area contributed by atoms with Crippen molar-refractivity contribution in [3.05, 3.63) is 41.1 Å². The molecule has 1 amide bonds. The second kappa shape index (κ2) is 8.37. The van der Waals surface area contributed by atoms with E-state index in [2.05, 4.69) is 27.1 Å². The van der Waals surface area contributed by atoms with Crippen molar-refractivity contribution in [1.82, 2.24) is 9.97 Å². The number of piperidine rings is 1. The molecule has 2 heterocycles. The fraction of sp³-hybridized carbons (Fsp3) is 0.476. The van der Waals surface area contributed by atoms with Crippen LogP contribution < -0.4 is 15.0 Å². The van der Waals surface area contributed by atoms with E-state index < -0.39 is 0 Å². The third-order valence-corrected chi connectivity index (χ3v) is 4.99. The summed E-state index contributed by atoms with van der Waals surface area (Å²) < 4.78 is 5.66. The van der Waals surface area contributed by atoms with Gasteiger partial charge in [-0.15, -0.1) is 0 Å². The summed E-state index contributed by atoms with van der Waals surface area (Å²) in [7, 11) is 0. The Morgan fingerprint density at radius 2 is 2.11 bits per heavy atom. The van der Waals surface area contributed by atoms with Gasteiger partial charge in [-0.05, 0) is 56.7 Å². The van der Waals surface area contributed by atoms with E-state index >= 15 is 0 Å². The van der Waals surface area contributed by atoms with Crippen molar-refractivity contribution in [2.75, 3.05) is 29.9 Å². The highest BCUT2D eigenvalue weighted by Crippen LogP contribution is 2.22. The van der Waals surface area contributed by atoms with E-state index in [-0.39, 0.29) is 12.5 Å². The van der Waals surface area contributed by atoms with Gasteiger partial charge in [0.25, 0.3) is 5.91 Å². The molecule has 1 aromatic carbocycles. The molecule has 6 nitrogen and oxygen atoms in total. The zero-order chi connectivity index (χ0) is 19.4. The van der Waals surface area contributed by atoms with Crippen LogP contribution in [0.4, 0.5) is 11.6 Å². The second-order valence-corrected chi connectivity index (χ2v) is 7.43. The maximum absolute atomic E-state index is 12.3. The van der Waals surface area contributed by atoms with Crippen molar-refractivity contribution in [2.45, 2.75) is 40.5 Å². The van der Waals surface area contributed by atoms with Crippen LogP contribution in [0.3, 0.4) is 0 Å². The Bertz CT molecular complexity index is 822. The molecule has 1 aliphatic rings. The first kappa shape index (κ1) is 19.1. The maximum Gasteiger partial charge on any atom is 0.262 e. The molecule has 1 N–H and O–H groups in total. The molecule has 0 unspecified atom stereocenters. The third-order valence-electron chi connectivity index (χ3n) is 4.99. The molecule has 144 valence electrons. The van der Waals surface area contributed by atoms with Crippen molar-refractivity contribution in [3.63, 3.8) is 0 Å². The minimum atomic E-state index is -0.201. The number of benzene rings is 1. The lowest BCUT2D eigenvalue weighted by Crippen LogP contribution is -2.35. The van der Waals surface area contributed by atoms with Crippen molar-refractivity contribution in [1.29, 1.82) is 0 Å². The average molecular weight is 368 g/mol. The highest BCUT2D eigenvalue weighted by molar-refractivity contribution is 5.92. The standard InChI is InChI=1S/C21H28N4O2/c1-14-7-6-10-25(12-14)21-22-16(3)11-20(24-21)27-13-19(26)23-18-9-5-8-15(2)17(18)4/h5,8-9,11,14H,6-7,10,12-13H2,1-4H3,(H,23,26)/t14-/m0/s1. The van der Waals surface area contributed by atoms with Crippen LogP contribution in [0.2, 0.25) is 0 Å². The van der Waals surface area contributed by atoms with Crippen LogP contribution in [-0.2, 0) is 4.79 Å². The predicted molar refractivity (Wildman–Crippen MR) is 107 cm³/mol. The van der Waals surface area contributed by atoms with Gasteiger partial charge in [-0.25, -0.2) is 4.98 Å². The smallest absolute Gasteiger partial charge is 0.262 e. The third kappa shape index (κ3) is 4.96. The molecule has 0 spiro atoms. The van der Waals surface area contributed by atoms with Gasteiger partial charge in [0.1, 0.15) is 0 Å². The van der Waals surface area contributed by atoms with Gasteiger partial charge >= 0.3 is 0 Å². The van der Waals surface area contributed by atoms with Gasteiger partial charge in [0.15, 0.2) is 6.61 Å². The number of aryl methyl sites for hydroxylation is 2. The van der Waals surface area contributed by atoms with Crippen LogP contribution >= 0.6 is 0 Å². The maximum atomic E-state index is 12.3. The van der Waals surface area contributed by atoms with Crippen LogP contribution in [0.15, 0.2) is 24.3 Å². The zero-order valence-electron chi connectivity index (χ0n) is 16.6. The first-order valence-corrected chi connectivity index (χ1v) is 9.52. The van der Waals surface area contributed by atoms with E-state index in [1.165, 1.54) is 6.42 Å². The van der Waals surface area contributed by atoms with Gasteiger partial charge in [0.2, 0.25) is 11.8 Å². The normalized spacial score (nSPS) is 16.9. The topological polar surface area (TPSA) is 67.3 Å². The molecule has 27 heavy (non-hydrogen) atoms. The molecular weight excluding hydrogens is 340 g/mol. The molecule has 1 aromatic heterocycles. The monoisotopic (exact) mass is 368 g/mol. The van der Waals surface area contributed by atoms with E-state index in [9.17, 15) is 4.79 Å². The Morgan fingerprint density at radius 3 is 2.89 bits per heavy atom. The number of nitrogens with zero attached hydrogens (tertiary/aromatic N) is 3. The number of carbonyl (C=O) groups excluding carboxylic acids is 1. The molecule has 0 radical (unpaired) electrons. The van der Waals surface area contributed by atoms with Gasteiger partial charge < -0.3 is 15.0 Å². The number of carbonyl (C=O) groups is 1. The molecule has 0 saturated carbocycles. The lowest BCUT2D eigenvalue weighted by Gasteiger charge is -2.31. The minimum Gasteiger partial charge on any atom is -0.467 e. The SMILES string of the molecule is Cc1cc(OCC(=O)Nc2cccc(C)c2C)nc(N2CCC[C@H](C)C2)n1. The highest BCUT2D eigenvalue weighted by Gasteiger charge is 2.19. The number of rotatable bonds is 5. The summed E-state index contributed by atoms with van der Waals surface area (Å²) in [6.07, 6.45) is 2.39. The molecule has 3 rings (SSSR count). The lowest BCUT2D eigenvalue weighted by molar-refractivity contribution is -0.118. The molecule has 1 aliphatic heterocycles. The minimum absolute atomic E-state index is 0.0837. The van der Waals surface area contributed by atoms with Crippen molar-refractivity contribution in [2.24, 2.45) is 5.92 Å². The van der Waals surface area contributed by atoms with Crippen LogP contribution in [0, 0.1) is 26.7 Å². The molecule has 0 aliphatic carbocycles. The highest BCUT2D eigenvalue weighted by atomic mass is 16.5. The van der Waals surface area contributed by atoms with Gasteiger partial charge in [0.05, 0.1) is 0 Å². The Kier molecular flexibility index (Phi) is 5.94. The van der Waals surface area contributed by atoms with Crippen LogP contribution in [-0.4, -0.2) is 35.6 Å².